The molecular formula is C25H31N5O5. The van der Waals surface area contributed by atoms with Gasteiger partial charge in [0.25, 0.3) is 0 Å². The lowest BCUT2D eigenvalue weighted by molar-refractivity contribution is -0.0511. The lowest BCUT2D eigenvalue weighted by Gasteiger charge is -2.16. The first-order chi connectivity index (χ1) is 17.1. The molecule has 0 amide bonds. The fourth-order valence-electron chi connectivity index (χ4n) is 3.90. The minimum Gasteiger partial charge on any atom is -0.481 e. The van der Waals surface area contributed by atoms with E-state index in [1.54, 1.807) is 0 Å². The Morgan fingerprint density at radius 3 is 2.69 bits per heavy atom. The molecule has 1 saturated heterocycles. The number of nitrogens with zero attached hydrogens (tertiary/aromatic N) is 4. The maximum Gasteiger partial charge on any atom is 0.209 e. The van der Waals surface area contributed by atoms with E-state index in [9.17, 15) is 15.3 Å². The fraction of sp³-hybridized carbons (Fsp3) is 0.480. The molecule has 1 aromatic carbocycles. The average molecular weight is 482 g/mol. The number of imidazole rings is 1. The molecule has 10 nitrogen and oxygen atoms in total. The molecule has 35 heavy (non-hydrogen) atoms. The van der Waals surface area contributed by atoms with Crippen molar-refractivity contribution in [2.24, 2.45) is 0 Å². The third-order valence-electron chi connectivity index (χ3n) is 5.79. The van der Waals surface area contributed by atoms with Crippen LogP contribution >= 0.6 is 0 Å². The van der Waals surface area contributed by atoms with Crippen molar-refractivity contribution in [1.29, 1.82) is 0 Å². The van der Waals surface area contributed by atoms with Gasteiger partial charge in [-0.25, -0.2) is 15.0 Å². The molecule has 4 N–H and O–H groups in total. The van der Waals surface area contributed by atoms with E-state index in [1.807, 2.05) is 30.3 Å². The lowest BCUT2D eigenvalue weighted by atomic mass is 10.1. The number of fused-ring (bicyclic) bond motifs is 1. The summed E-state index contributed by atoms with van der Waals surface area (Å²) >= 11 is 0. The van der Waals surface area contributed by atoms with Crippen molar-refractivity contribution in [1.82, 2.24) is 19.5 Å². The first-order valence-electron chi connectivity index (χ1n) is 11.9. The largest absolute Gasteiger partial charge is 0.481 e. The summed E-state index contributed by atoms with van der Waals surface area (Å²) in [6.45, 7) is 2.63. The average Bonchev–Trinajstić information content (AvgIpc) is 3.42. The molecule has 1 aliphatic heterocycles. The molecule has 2 unspecified atom stereocenters. The van der Waals surface area contributed by atoms with E-state index in [1.165, 1.54) is 17.3 Å². The molecule has 4 atom stereocenters. The monoisotopic (exact) mass is 481 g/mol. The van der Waals surface area contributed by atoms with Crippen molar-refractivity contribution in [3.8, 4) is 17.6 Å². The Hall–Kier alpha value is -3.23. The number of para-hydroxylation sites is 1. The smallest absolute Gasteiger partial charge is 0.209 e. The summed E-state index contributed by atoms with van der Waals surface area (Å²) in [7, 11) is 0. The summed E-state index contributed by atoms with van der Waals surface area (Å²) in [5, 5.41) is 33.5. The van der Waals surface area contributed by atoms with E-state index < -0.39 is 31.1 Å². The fourth-order valence-corrected chi connectivity index (χ4v) is 3.90. The van der Waals surface area contributed by atoms with Crippen molar-refractivity contribution in [2.75, 3.05) is 25.1 Å². The number of aliphatic hydroxyl groups excluding tert-OH is 3. The van der Waals surface area contributed by atoms with Crippen molar-refractivity contribution in [2.45, 2.75) is 57.1 Å². The minimum absolute atomic E-state index is 0.166. The Kier molecular flexibility index (Phi) is 8.50. The highest BCUT2D eigenvalue weighted by Crippen LogP contribution is 2.32. The quantitative estimate of drug-likeness (QED) is 0.253. The SMILES string of the molecule is CCCCCCNc1nc(C#CCOc2ccccc2)nc2c1ncn2C1O[C@H](CO)C(O)[C@H]1O. The van der Waals surface area contributed by atoms with Crippen LogP contribution in [0.1, 0.15) is 44.7 Å². The molecule has 0 radical (unpaired) electrons. The summed E-state index contributed by atoms with van der Waals surface area (Å²) < 4.78 is 12.8. The van der Waals surface area contributed by atoms with Crippen LogP contribution in [0.4, 0.5) is 5.82 Å². The van der Waals surface area contributed by atoms with Gasteiger partial charge in [-0.1, -0.05) is 50.3 Å². The zero-order chi connectivity index (χ0) is 24.6. The van der Waals surface area contributed by atoms with E-state index in [2.05, 4.69) is 39.0 Å². The molecule has 4 rings (SSSR count). The van der Waals surface area contributed by atoms with Crippen LogP contribution in [0.3, 0.4) is 0 Å². The molecule has 0 bridgehead atoms. The maximum absolute atomic E-state index is 10.5. The Morgan fingerprint density at radius 2 is 1.94 bits per heavy atom. The summed E-state index contributed by atoms with van der Waals surface area (Å²) in [6, 6.07) is 9.39. The van der Waals surface area contributed by atoms with E-state index in [-0.39, 0.29) is 12.4 Å². The third-order valence-corrected chi connectivity index (χ3v) is 5.79. The molecule has 0 aliphatic carbocycles. The number of benzene rings is 1. The van der Waals surface area contributed by atoms with Gasteiger partial charge in [-0.05, 0) is 24.5 Å². The maximum atomic E-state index is 10.5. The third kappa shape index (κ3) is 5.89. The van der Waals surface area contributed by atoms with Crippen LogP contribution in [0, 0.1) is 11.8 Å². The van der Waals surface area contributed by atoms with E-state index >= 15 is 0 Å². The van der Waals surface area contributed by atoms with E-state index in [0.29, 0.717) is 17.0 Å². The summed E-state index contributed by atoms with van der Waals surface area (Å²) in [6.07, 6.45) is 1.56. The molecule has 1 aliphatic rings. The Morgan fingerprint density at radius 1 is 1.11 bits per heavy atom. The van der Waals surface area contributed by atoms with Crippen LogP contribution in [0.15, 0.2) is 36.7 Å². The molecule has 1 fully saturated rings. The van der Waals surface area contributed by atoms with Gasteiger partial charge in [-0.2, -0.15) is 0 Å². The Bertz CT molecular complexity index is 1160. The Balaban J connectivity index is 1.59. The van der Waals surface area contributed by atoms with Gasteiger partial charge in [-0.15, -0.1) is 0 Å². The van der Waals surface area contributed by atoms with Gasteiger partial charge in [0, 0.05) is 6.54 Å². The van der Waals surface area contributed by atoms with Gasteiger partial charge in [-0.3, -0.25) is 4.57 Å². The number of hydrogen-bond acceptors (Lipinski definition) is 9. The first kappa shape index (κ1) is 24.9. The topological polar surface area (TPSA) is 135 Å². The number of rotatable bonds is 10. The second kappa shape index (κ2) is 12.0. The highest BCUT2D eigenvalue weighted by Gasteiger charge is 2.44. The zero-order valence-electron chi connectivity index (χ0n) is 19.7. The number of hydrogen-bond donors (Lipinski definition) is 4. The van der Waals surface area contributed by atoms with Crippen LogP contribution in [-0.4, -0.2) is 72.9 Å². The summed E-state index contributed by atoms with van der Waals surface area (Å²) in [5.74, 6) is 7.38. The predicted octanol–water partition coefficient (Wildman–Crippen LogP) is 1.86. The standard InChI is InChI=1S/C25H31N5O5/c1-2-3-4-8-13-26-23-20-24(30(16-27-20)25-22(33)21(32)18(15-31)35-25)29-19(28-23)12-9-14-34-17-10-6-5-7-11-17/h5-7,10-11,16,18,21-22,25,31-33H,2-4,8,13-15H2,1H3,(H,26,28,29)/t18-,21?,22-,25?/m1/s1. The van der Waals surface area contributed by atoms with Gasteiger partial charge in [0.15, 0.2) is 23.2 Å². The molecule has 0 spiro atoms. The normalized spacial score (nSPS) is 21.6. The van der Waals surface area contributed by atoms with E-state index in [4.69, 9.17) is 9.47 Å². The predicted molar refractivity (Wildman–Crippen MR) is 130 cm³/mol. The van der Waals surface area contributed by atoms with Crippen LogP contribution in [-0.2, 0) is 4.74 Å². The second-order valence-corrected chi connectivity index (χ2v) is 8.34. The first-order valence-corrected chi connectivity index (χ1v) is 11.9. The summed E-state index contributed by atoms with van der Waals surface area (Å²) in [4.78, 5) is 13.5. The van der Waals surface area contributed by atoms with Gasteiger partial charge < -0.3 is 30.1 Å². The minimum atomic E-state index is -1.25. The van der Waals surface area contributed by atoms with Gasteiger partial charge in [0.1, 0.15) is 30.7 Å². The van der Waals surface area contributed by atoms with E-state index in [0.717, 1.165) is 31.6 Å². The molecule has 0 saturated carbocycles. The molecule has 10 heteroatoms. The van der Waals surface area contributed by atoms with Crippen LogP contribution in [0.2, 0.25) is 0 Å². The number of ether oxygens (including phenoxy) is 2. The lowest BCUT2D eigenvalue weighted by Crippen LogP contribution is -2.33. The number of aliphatic hydroxyl groups is 3. The molecule has 3 aromatic rings. The van der Waals surface area contributed by atoms with Crippen LogP contribution in [0.5, 0.6) is 5.75 Å². The van der Waals surface area contributed by atoms with Crippen LogP contribution < -0.4 is 10.1 Å². The van der Waals surface area contributed by atoms with Crippen molar-refractivity contribution in [3.05, 3.63) is 42.5 Å². The number of anilines is 1. The molecule has 3 heterocycles. The summed E-state index contributed by atoms with van der Waals surface area (Å²) in [5.41, 5.74) is 0.906. The zero-order valence-corrected chi connectivity index (χ0v) is 19.7. The van der Waals surface area contributed by atoms with Gasteiger partial charge in [0.2, 0.25) is 5.82 Å². The van der Waals surface area contributed by atoms with Crippen molar-refractivity contribution in [3.63, 3.8) is 0 Å². The number of nitrogens with one attached hydrogen (secondary N) is 1. The Labute approximate surface area is 204 Å². The number of aromatic nitrogens is 4. The molecule has 186 valence electrons. The second-order valence-electron chi connectivity index (χ2n) is 8.34. The van der Waals surface area contributed by atoms with Crippen LogP contribution in [0.25, 0.3) is 11.2 Å². The highest BCUT2D eigenvalue weighted by molar-refractivity contribution is 5.83. The van der Waals surface area contributed by atoms with Crippen molar-refractivity contribution >= 4 is 17.0 Å². The molecular weight excluding hydrogens is 450 g/mol. The van der Waals surface area contributed by atoms with Crippen molar-refractivity contribution < 1.29 is 24.8 Å². The van der Waals surface area contributed by atoms with Gasteiger partial charge >= 0.3 is 0 Å². The highest BCUT2D eigenvalue weighted by atomic mass is 16.6. The molecule has 2 aromatic heterocycles. The van der Waals surface area contributed by atoms with Gasteiger partial charge in [0.05, 0.1) is 12.9 Å². The number of unbranched alkanes of at least 4 members (excludes halogenated alkanes) is 3.